The van der Waals surface area contributed by atoms with Crippen LogP contribution in [0.5, 0.6) is 0 Å². The summed E-state index contributed by atoms with van der Waals surface area (Å²) in [6, 6.07) is 5.24. The maximum absolute atomic E-state index is 13.6. The number of hydrogen-bond acceptors (Lipinski definition) is 3. The lowest BCUT2D eigenvalue weighted by Gasteiger charge is -2.18. The molecule has 138 valence electrons. The Morgan fingerprint density at radius 1 is 1.29 bits per heavy atom. The molecule has 0 radical (unpaired) electrons. The van der Waals surface area contributed by atoms with E-state index < -0.39 is 0 Å². The molecule has 0 saturated heterocycles. The van der Waals surface area contributed by atoms with Gasteiger partial charge < -0.3 is 20.1 Å². The third-order valence-electron chi connectivity index (χ3n) is 3.46. The van der Waals surface area contributed by atoms with E-state index in [2.05, 4.69) is 15.6 Å². The zero-order valence-electron chi connectivity index (χ0n) is 14.9. The first-order valence-electron chi connectivity index (χ1n) is 7.88. The molecule has 1 unspecified atom stereocenters. The highest BCUT2D eigenvalue weighted by Crippen LogP contribution is 2.16. The molecule has 2 N–H and O–H groups in total. The van der Waals surface area contributed by atoms with Crippen molar-refractivity contribution in [1.82, 2.24) is 10.6 Å². The highest BCUT2D eigenvalue weighted by atomic mass is 127. The predicted molar refractivity (Wildman–Crippen MR) is 107 cm³/mol. The van der Waals surface area contributed by atoms with E-state index in [0.29, 0.717) is 31.3 Å². The SMILES string of the molecule is CN=C(NCCCOCCOC)NC(C)c1ccc(C)c(F)c1.I. The number of rotatable bonds is 9. The number of aliphatic imine (C=N–C) groups is 1. The van der Waals surface area contributed by atoms with Crippen LogP contribution in [0.4, 0.5) is 4.39 Å². The van der Waals surface area contributed by atoms with E-state index >= 15 is 0 Å². The summed E-state index contributed by atoms with van der Waals surface area (Å²) in [5.74, 6) is 0.502. The second kappa shape index (κ2) is 13.4. The van der Waals surface area contributed by atoms with E-state index in [9.17, 15) is 4.39 Å². The molecule has 0 amide bonds. The highest BCUT2D eigenvalue weighted by molar-refractivity contribution is 14.0. The largest absolute Gasteiger partial charge is 0.382 e. The van der Waals surface area contributed by atoms with Gasteiger partial charge in [0.1, 0.15) is 5.82 Å². The van der Waals surface area contributed by atoms with Gasteiger partial charge in [-0.1, -0.05) is 12.1 Å². The van der Waals surface area contributed by atoms with Crippen molar-refractivity contribution in [3.05, 3.63) is 35.1 Å². The Balaban J connectivity index is 0.00000529. The van der Waals surface area contributed by atoms with E-state index in [1.807, 2.05) is 13.0 Å². The summed E-state index contributed by atoms with van der Waals surface area (Å²) in [6.45, 7) is 6.38. The topological polar surface area (TPSA) is 54.9 Å². The van der Waals surface area contributed by atoms with Crippen molar-refractivity contribution in [1.29, 1.82) is 0 Å². The van der Waals surface area contributed by atoms with Crippen molar-refractivity contribution >= 4 is 29.9 Å². The van der Waals surface area contributed by atoms with Crippen LogP contribution in [0, 0.1) is 12.7 Å². The Hall–Kier alpha value is -0.930. The van der Waals surface area contributed by atoms with Crippen molar-refractivity contribution in [3.63, 3.8) is 0 Å². The molecule has 0 aliphatic carbocycles. The van der Waals surface area contributed by atoms with Gasteiger partial charge in [-0.05, 0) is 37.5 Å². The molecule has 24 heavy (non-hydrogen) atoms. The summed E-state index contributed by atoms with van der Waals surface area (Å²) in [6.07, 6.45) is 0.873. The second-order valence-electron chi connectivity index (χ2n) is 5.33. The van der Waals surface area contributed by atoms with Gasteiger partial charge in [-0.15, -0.1) is 24.0 Å². The first kappa shape index (κ1) is 23.1. The van der Waals surface area contributed by atoms with Crippen LogP contribution >= 0.6 is 24.0 Å². The molecule has 0 bridgehead atoms. The van der Waals surface area contributed by atoms with E-state index in [1.54, 1.807) is 33.2 Å². The normalized spacial score (nSPS) is 12.5. The average Bonchev–Trinajstić information content (AvgIpc) is 2.55. The predicted octanol–water partition coefficient (Wildman–Crippen LogP) is 3.03. The molecule has 0 spiro atoms. The lowest BCUT2D eigenvalue weighted by molar-refractivity contribution is 0.0698. The monoisotopic (exact) mass is 453 g/mol. The van der Waals surface area contributed by atoms with Crippen LogP contribution in [0.15, 0.2) is 23.2 Å². The molecule has 0 aliphatic rings. The third-order valence-corrected chi connectivity index (χ3v) is 3.46. The van der Waals surface area contributed by atoms with Crippen LogP contribution in [0.1, 0.15) is 30.5 Å². The number of nitrogens with one attached hydrogen (secondary N) is 2. The van der Waals surface area contributed by atoms with Crippen LogP contribution < -0.4 is 10.6 Å². The molecular weight excluding hydrogens is 424 g/mol. The molecule has 1 rings (SSSR count). The van der Waals surface area contributed by atoms with Crippen LogP contribution in [0.25, 0.3) is 0 Å². The molecule has 5 nitrogen and oxygen atoms in total. The summed E-state index contributed by atoms with van der Waals surface area (Å²) in [7, 11) is 3.37. The molecule has 0 aromatic heterocycles. The number of aryl methyl sites for hydroxylation is 1. The van der Waals surface area contributed by atoms with Gasteiger partial charge in [0.2, 0.25) is 0 Å². The lowest BCUT2D eigenvalue weighted by Crippen LogP contribution is -2.39. The summed E-state index contributed by atoms with van der Waals surface area (Å²) in [4.78, 5) is 4.18. The van der Waals surface area contributed by atoms with Gasteiger partial charge in [-0.2, -0.15) is 0 Å². The first-order valence-corrected chi connectivity index (χ1v) is 7.88. The molecule has 7 heteroatoms. The van der Waals surface area contributed by atoms with E-state index in [0.717, 1.165) is 18.5 Å². The zero-order valence-corrected chi connectivity index (χ0v) is 17.2. The number of guanidine groups is 1. The van der Waals surface area contributed by atoms with E-state index in [4.69, 9.17) is 9.47 Å². The van der Waals surface area contributed by atoms with Crippen molar-refractivity contribution in [2.75, 3.05) is 40.5 Å². The molecule has 1 atom stereocenters. The molecule has 0 aliphatic heterocycles. The van der Waals surface area contributed by atoms with Gasteiger partial charge >= 0.3 is 0 Å². The fraction of sp³-hybridized carbons (Fsp3) is 0.588. The molecule has 1 aromatic rings. The average molecular weight is 453 g/mol. The summed E-state index contributed by atoms with van der Waals surface area (Å²) in [5.41, 5.74) is 1.54. The molecule has 0 saturated carbocycles. The maximum Gasteiger partial charge on any atom is 0.191 e. The van der Waals surface area contributed by atoms with Crippen molar-refractivity contribution in [3.8, 4) is 0 Å². The van der Waals surface area contributed by atoms with Crippen molar-refractivity contribution < 1.29 is 13.9 Å². The van der Waals surface area contributed by atoms with Crippen LogP contribution in [-0.4, -0.2) is 46.5 Å². The minimum atomic E-state index is -0.188. The van der Waals surface area contributed by atoms with Crippen molar-refractivity contribution in [2.45, 2.75) is 26.3 Å². The Kier molecular flexibility index (Phi) is 12.9. The van der Waals surface area contributed by atoms with Crippen LogP contribution in [0.2, 0.25) is 0 Å². The van der Waals surface area contributed by atoms with Gasteiger partial charge in [0.15, 0.2) is 5.96 Å². The Morgan fingerprint density at radius 2 is 2.04 bits per heavy atom. The van der Waals surface area contributed by atoms with E-state index in [-0.39, 0.29) is 35.8 Å². The van der Waals surface area contributed by atoms with Gasteiger partial charge in [0.05, 0.1) is 19.3 Å². The Morgan fingerprint density at radius 3 is 2.67 bits per heavy atom. The summed E-state index contributed by atoms with van der Waals surface area (Å²) >= 11 is 0. The molecule has 0 heterocycles. The number of benzene rings is 1. The minimum absolute atomic E-state index is 0. The second-order valence-corrected chi connectivity index (χ2v) is 5.33. The number of hydrogen-bond donors (Lipinski definition) is 2. The highest BCUT2D eigenvalue weighted by Gasteiger charge is 2.09. The van der Waals surface area contributed by atoms with Gasteiger partial charge in [-0.25, -0.2) is 4.39 Å². The van der Waals surface area contributed by atoms with Crippen LogP contribution in [0.3, 0.4) is 0 Å². The minimum Gasteiger partial charge on any atom is -0.382 e. The Bertz CT molecular complexity index is 501. The van der Waals surface area contributed by atoms with Gasteiger partial charge in [-0.3, -0.25) is 4.99 Å². The standard InChI is InChI=1S/C17H28FN3O2.HI/c1-13-6-7-15(12-16(13)18)14(2)21-17(19-3)20-8-5-9-23-11-10-22-4;/h6-7,12,14H,5,8-11H2,1-4H3,(H2,19,20,21);1H. The molecule has 0 fully saturated rings. The van der Waals surface area contributed by atoms with E-state index in [1.165, 1.54) is 0 Å². The number of methoxy groups -OCH3 is 1. The molecular formula is C17H29FIN3O2. The fourth-order valence-electron chi connectivity index (χ4n) is 1.99. The zero-order chi connectivity index (χ0) is 17.1. The summed E-state index contributed by atoms with van der Waals surface area (Å²) in [5, 5.41) is 6.47. The van der Waals surface area contributed by atoms with Gasteiger partial charge in [0.25, 0.3) is 0 Å². The quantitative estimate of drug-likeness (QED) is 0.261. The third kappa shape index (κ3) is 8.79. The van der Waals surface area contributed by atoms with Crippen molar-refractivity contribution in [2.24, 2.45) is 4.99 Å². The van der Waals surface area contributed by atoms with Crippen LogP contribution in [-0.2, 0) is 9.47 Å². The number of nitrogens with zero attached hydrogens (tertiary/aromatic N) is 1. The summed E-state index contributed by atoms with van der Waals surface area (Å²) < 4.78 is 23.9. The van der Waals surface area contributed by atoms with Gasteiger partial charge in [0, 0.05) is 27.3 Å². The maximum atomic E-state index is 13.6. The Labute approximate surface area is 161 Å². The smallest absolute Gasteiger partial charge is 0.191 e. The molecule has 1 aromatic carbocycles. The number of halogens is 2. The first-order chi connectivity index (χ1) is 11.1. The lowest BCUT2D eigenvalue weighted by atomic mass is 10.1. The number of ether oxygens (including phenoxy) is 2. The fourth-order valence-corrected chi connectivity index (χ4v) is 1.99.